The minimum absolute atomic E-state index is 0.0716. The largest absolute Gasteiger partial charge is 0.333 e. The predicted molar refractivity (Wildman–Crippen MR) is 120 cm³/mol. The molecular formula is C25H29N5O. The Balaban J connectivity index is 1.27. The van der Waals surface area contributed by atoms with Gasteiger partial charge in [-0.1, -0.05) is 30.3 Å². The van der Waals surface area contributed by atoms with Crippen molar-refractivity contribution in [3.05, 3.63) is 82.4 Å². The standard InChI is InChI=1S/C25H29N5O/c1-29-23-9-8-21(27-13-10-18-5-4-12-26-16-18)15-22(23)24(28-29)25(31)30-14-11-19-6-2-3-7-20(19)17-30/h2-7,12,16,21,27H,8-11,13-15,17H2,1H3/t21-/m0/s1. The Morgan fingerprint density at radius 1 is 1.16 bits per heavy atom. The normalized spacial score (nSPS) is 17.8. The number of hydrogen-bond donors (Lipinski definition) is 1. The summed E-state index contributed by atoms with van der Waals surface area (Å²) in [4.78, 5) is 19.6. The number of aryl methyl sites for hydroxylation is 1. The van der Waals surface area contributed by atoms with Crippen LogP contribution in [0.2, 0.25) is 0 Å². The topological polar surface area (TPSA) is 63.1 Å². The van der Waals surface area contributed by atoms with Gasteiger partial charge in [0.2, 0.25) is 0 Å². The number of aromatic nitrogens is 3. The number of hydrogen-bond acceptors (Lipinski definition) is 4. The van der Waals surface area contributed by atoms with E-state index in [9.17, 15) is 4.79 Å². The number of carbonyl (C=O) groups excluding carboxylic acids is 1. The highest BCUT2D eigenvalue weighted by molar-refractivity contribution is 5.94. The lowest BCUT2D eigenvalue weighted by Gasteiger charge is -2.29. The third kappa shape index (κ3) is 4.12. The summed E-state index contributed by atoms with van der Waals surface area (Å²) in [6, 6.07) is 12.9. The molecule has 1 aliphatic heterocycles. The first-order chi connectivity index (χ1) is 15.2. The molecule has 2 aliphatic rings. The highest BCUT2D eigenvalue weighted by Crippen LogP contribution is 2.27. The number of rotatable bonds is 5. The van der Waals surface area contributed by atoms with Gasteiger partial charge in [-0.15, -0.1) is 0 Å². The quantitative estimate of drug-likeness (QED) is 0.696. The minimum Gasteiger partial charge on any atom is -0.333 e. The molecule has 31 heavy (non-hydrogen) atoms. The van der Waals surface area contributed by atoms with E-state index in [0.717, 1.165) is 50.8 Å². The summed E-state index contributed by atoms with van der Waals surface area (Å²) < 4.78 is 1.92. The predicted octanol–water partition coefficient (Wildman–Crippen LogP) is 2.70. The fourth-order valence-electron chi connectivity index (χ4n) is 4.92. The number of amides is 1. The second-order valence-electron chi connectivity index (χ2n) is 8.65. The van der Waals surface area contributed by atoms with E-state index in [1.165, 1.54) is 22.4 Å². The maximum atomic E-state index is 13.4. The van der Waals surface area contributed by atoms with Crippen molar-refractivity contribution < 1.29 is 4.79 Å². The maximum absolute atomic E-state index is 13.4. The number of carbonyl (C=O) groups is 1. The van der Waals surface area contributed by atoms with E-state index in [-0.39, 0.29) is 5.91 Å². The van der Waals surface area contributed by atoms with E-state index in [1.807, 2.05) is 35.1 Å². The van der Waals surface area contributed by atoms with Gasteiger partial charge in [0.1, 0.15) is 0 Å². The first-order valence-electron chi connectivity index (χ1n) is 11.2. The van der Waals surface area contributed by atoms with Gasteiger partial charge in [-0.2, -0.15) is 5.10 Å². The lowest BCUT2D eigenvalue weighted by atomic mass is 9.90. The van der Waals surface area contributed by atoms with Gasteiger partial charge >= 0.3 is 0 Å². The van der Waals surface area contributed by atoms with Crippen LogP contribution < -0.4 is 5.32 Å². The van der Waals surface area contributed by atoms with Crippen molar-refractivity contribution in [2.24, 2.45) is 7.05 Å². The fraction of sp³-hybridized carbons (Fsp3) is 0.400. The second-order valence-corrected chi connectivity index (χ2v) is 8.65. The van der Waals surface area contributed by atoms with Crippen molar-refractivity contribution in [2.45, 2.75) is 44.7 Å². The lowest BCUT2D eigenvalue weighted by molar-refractivity contribution is 0.0726. The Kier molecular flexibility index (Phi) is 5.55. The molecule has 1 aliphatic carbocycles. The number of pyridine rings is 1. The van der Waals surface area contributed by atoms with E-state index in [0.29, 0.717) is 18.3 Å². The molecular weight excluding hydrogens is 386 g/mol. The maximum Gasteiger partial charge on any atom is 0.274 e. The van der Waals surface area contributed by atoms with E-state index >= 15 is 0 Å². The summed E-state index contributed by atoms with van der Waals surface area (Å²) in [5.41, 5.74) is 6.85. The summed E-state index contributed by atoms with van der Waals surface area (Å²) in [7, 11) is 1.97. The van der Waals surface area contributed by atoms with Crippen LogP contribution in [0.1, 0.15) is 44.9 Å². The van der Waals surface area contributed by atoms with E-state index in [1.54, 1.807) is 0 Å². The molecule has 5 rings (SSSR count). The zero-order valence-corrected chi connectivity index (χ0v) is 18.1. The zero-order chi connectivity index (χ0) is 21.2. The Morgan fingerprint density at radius 3 is 2.87 bits per heavy atom. The third-order valence-corrected chi connectivity index (χ3v) is 6.64. The molecule has 3 heterocycles. The molecule has 0 bridgehead atoms. The molecule has 6 nitrogen and oxygen atoms in total. The van der Waals surface area contributed by atoms with Gasteiger partial charge in [0, 0.05) is 49.8 Å². The van der Waals surface area contributed by atoms with Crippen molar-refractivity contribution in [1.82, 2.24) is 25.0 Å². The summed E-state index contributed by atoms with van der Waals surface area (Å²) in [5, 5.41) is 8.36. The highest BCUT2D eigenvalue weighted by Gasteiger charge is 2.31. The highest BCUT2D eigenvalue weighted by atomic mass is 16.2. The average molecular weight is 416 g/mol. The number of fused-ring (bicyclic) bond motifs is 2. The minimum atomic E-state index is 0.0716. The van der Waals surface area contributed by atoms with Gasteiger partial charge in [0.05, 0.1) is 0 Å². The molecule has 0 saturated carbocycles. The van der Waals surface area contributed by atoms with E-state index in [4.69, 9.17) is 0 Å². The lowest BCUT2D eigenvalue weighted by Crippen LogP contribution is -2.38. The molecule has 1 N–H and O–H groups in total. The van der Waals surface area contributed by atoms with E-state index in [2.05, 4.69) is 45.7 Å². The number of nitrogens with zero attached hydrogens (tertiary/aromatic N) is 4. The molecule has 1 aromatic carbocycles. The Labute approximate surface area is 183 Å². The van der Waals surface area contributed by atoms with Crippen molar-refractivity contribution in [1.29, 1.82) is 0 Å². The van der Waals surface area contributed by atoms with Crippen molar-refractivity contribution in [3.8, 4) is 0 Å². The smallest absolute Gasteiger partial charge is 0.274 e. The van der Waals surface area contributed by atoms with Crippen LogP contribution in [0.25, 0.3) is 0 Å². The molecule has 0 radical (unpaired) electrons. The molecule has 0 saturated heterocycles. The molecule has 3 aromatic rings. The molecule has 160 valence electrons. The van der Waals surface area contributed by atoms with Crippen LogP contribution in [0.4, 0.5) is 0 Å². The van der Waals surface area contributed by atoms with Gasteiger partial charge in [0.15, 0.2) is 5.69 Å². The third-order valence-electron chi connectivity index (χ3n) is 6.64. The van der Waals surface area contributed by atoms with Crippen LogP contribution in [0.15, 0.2) is 48.8 Å². The zero-order valence-electron chi connectivity index (χ0n) is 18.1. The fourth-order valence-corrected chi connectivity index (χ4v) is 4.92. The van der Waals surface area contributed by atoms with Gasteiger partial charge in [-0.3, -0.25) is 14.5 Å². The van der Waals surface area contributed by atoms with Gasteiger partial charge < -0.3 is 10.2 Å². The van der Waals surface area contributed by atoms with Crippen LogP contribution in [-0.2, 0) is 39.3 Å². The monoisotopic (exact) mass is 415 g/mol. The molecule has 1 atom stereocenters. The van der Waals surface area contributed by atoms with Crippen molar-refractivity contribution in [3.63, 3.8) is 0 Å². The first kappa shape index (κ1) is 19.9. The summed E-state index contributed by atoms with van der Waals surface area (Å²) in [5.74, 6) is 0.0716. The average Bonchev–Trinajstić information content (AvgIpc) is 3.15. The second kappa shape index (κ2) is 8.63. The van der Waals surface area contributed by atoms with Gasteiger partial charge in [-0.25, -0.2) is 0 Å². The SMILES string of the molecule is Cn1nc(C(=O)N2CCc3ccccc3C2)c2c1CC[C@H](NCCc1cccnc1)C2. The Morgan fingerprint density at radius 2 is 2.03 bits per heavy atom. The number of nitrogens with one attached hydrogen (secondary N) is 1. The molecule has 0 spiro atoms. The van der Waals surface area contributed by atoms with Crippen molar-refractivity contribution in [2.75, 3.05) is 13.1 Å². The van der Waals surface area contributed by atoms with Crippen LogP contribution >= 0.6 is 0 Å². The molecule has 0 fully saturated rings. The van der Waals surface area contributed by atoms with E-state index < -0.39 is 0 Å². The number of benzene rings is 1. The molecule has 0 unspecified atom stereocenters. The summed E-state index contributed by atoms with van der Waals surface area (Å²) in [6.45, 7) is 2.35. The Bertz CT molecular complexity index is 1070. The van der Waals surface area contributed by atoms with Gasteiger partial charge in [0.25, 0.3) is 5.91 Å². The molecule has 6 heteroatoms. The van der Waals surface area contributed by atoms with Crippen LogP contribution in [0.3, 0.4) is 0 Å². The van der Waals surface area contributed by atoms with Crippen LogP contribution in [0, 0.1) is 0 Å². The molecule has 1 amide bonds. The summed E-state index contributed by atoms with van der Waals surface area (Å²) in [6.07, 6.45) is 8.50. The Hall–Kier alpha value is -2.99. The van der Waals surface area contributed by atoms with Gasteiger partial charge in [-0.05, 0) is 61.4 Å². The van der Waals surface area contributed by atoms with Crippen LogP contribution in [0.5, 0.6) is 0 Å². The molecule has 2 aromatic heterocycles. The summed E-state index contributed by atoms with van der Waals surface area (Å²) >= 11 is 0. The van der Waals surface area contributed by atoms with Crippen molar-refractivity contribution >= 4 is 5.91 Å². The van der Waals surface area contributed by atoms with Crippen LogP contribution in [-0.4, -0.2) is 44.7 Å². The first-order valence-corrected chi connectivity index (χ1v) is 11.2.